The smallest absolute Gasteiger partial charge is 0.236 e. The van der Waals surface area contributed by atoms with Crippen molar-refractivity contribution >= 4 is 35.7 Å². The topological polar surface area (TPSA) is 52.6 Å². The van der Waals surface area contributed by atoms with Gasteiger partial charge in [0.25, 0.3) is 0 Å². The summed E-state index contributed by atoms with van der Waals surface area (Å²) < 4.78 is 34.4. The number of fused-ring (bicyclic) bond motifs is 1. The van der Waals surface area contributed by atoms with E-state index in [0.29, 0.717) is 34.7 Å². The second-order valence-electron chi connectivity index (χ2n) is 5.33. The monoisotopic (exact) mass is 368 g/mol. The highest BCUT2D eigenvalue weighted by molar-refractivity contribution is 9.10. The Morgan fingerprint density at radius 3 is 2.58 bits per heavy atom. The normalized spacial score (nSPS) is 17.9. The highest BCUT2D eigenvalue weighted by atomic mass is 79.9. The van der Waals surface area contributed by atoms with Crippen LogP contribution in [-0.2, 0) is 14.8 Å². The molecular weight excluding hydrogens is 356 g/mol. The quantitative estimate of drug-likeness (QED) is 0.751. The van der Waals surface area contributed by atoms with E-state index in [2.05, 4.69) is 15.9 Å². The summed E-state index contributed by atoms with van der Waals surface area (Å²) in [5.41, 5.74) is 0.459. The van der Waals surface area contributed by atoms with E-state index in [0.717, 1.165) is 0 Å². The lowest BCUT2D eigenvalue weighted by molar-refractivity contribution is 0.140. The summed E-state index contributed by atoms with van der Waals surface area (Å²) >= 11 is 3.37. The summed E-state index contributed by atoms with van der Waals surface area (Å²) in [5.74, 6) is 0.893. The van der Waals surface area contributed by atoms with Gasteiger partial charge in [-0.2, -0.15) is 0 Å². The van der Waals surface area contributed by atoms with Gasteiger partial charge < -0.3 is 9.47 Å². The molecule has 0 spiro atoms. The van der Waals surface area contributed by atoms with E-state index in [4.69, 9.17) is 20.2 Å². The predicted octanol–water partition coefficient (Wildman–Crippen LogP) is 3.32. The maximum Gasteiger partial charge on any atom is 0.236 e. The fourth-order valence-electron chi connectivity index (χ4n) is 1.73. The summed E-state index contributed by atoms with van der Waals surface area (Å²) in [6.07, 6.45) is 0. The molecule has 0 bridgehead atoms. The number of halogens is 2. The molecule has 0 N–H and O–H groups in total. The SMILES string of the molecule is CC1(C)COc2cc(CS(=O)(=O)Cl)cc(Br)c2OC1. The summed E-state index contributed by atoms with van der Waals surface area (Å²) in [5, 5.41) is 0. The van der Waals surface area contributed by atoms with E-state index in [-0.39, 0.29) is 11.2 Å². The third-order valence-corrected chi connectivity index (χ3v) is 4.23. The van der Waals surface area contributed by atoms with Gasteiger partial charge in [0.15, 0.2) is 11.5 Å². The van der Waals surface area contributed by atoms with Gasteiger partial charge in [-0.15, -0.1) is 0 Å². The van der Waals surface area contributed by atoms with Crippen molar-refractivity contribution in [3.05, 3.63) is 22.2 Å². The van der Waals surface area contributed by atoms with Crippen LogP contribution >= 0.6 is 26.6 Å². The molecule has 0 aliphatic carbocycles. The highest BCUT2D eigenvalue weighted by Gasteiger charge is 2.27. The first-order valence-electron chi connectivity index (χ1n) is 5.67. The minimum Gasteiger partial charge on any atom is -0.489 e. The molecule has 7 heteroatoms. The fraction of sp³-hybridized carbons (Fsp3) is 0.500. The number of hydrogen-bond donors (Lipinski definition) is 0. The van der Waals surface area contributed by atoms with E-state index in [1.54, 1.807) is 12.1 Å². The van der Waals surface area contributed by atoms with Gasteiger partial charge in [-0.05, 0) is 33.6 Å². The lowest BCUT2D eigenvalue weighted by Gasteiger charge is -2.19. The van der Waals surface area contributed by atoms with E-state index >= 15 is 0 Å². The van der Waals surface area contributed by atoms with Crippen LogP contribution in [0.3, 0.4) is 0 Å². The first-order valence-corrected chi connectivity index (χ1v) is 8.94. The average molecular weight is 370 g/mol. The largest absolute Gasteiger partial charge is 0.489 e. The molecule has 0 saturated heterocycles. The Bertz CT molecular complexity index is 598. The van der Waals surface area contributed by atoms with Crippen molar-refractivity contribution in [1.29, 1.82) is 0 Å². The highest BCUT2D eigenvalue weighted by Crippen LogP contribution is 2.40. The summed E-state index contributed by atoms with van der Waals surface area (Å²) in [6.45, 7) is 5.11. The maximum atomic E-state index is 11.1. The Kier molecular flexibility index (Phi) is 4.05. The van der Waals surface area contributed by atoms with Gasteiger partial charge in [0.05, 0.1) is 23.4 Å². The Labute approximate surface area is 125 Å². The maximum absolute atomic E-state index is 11.1. The van der Waals surface area contributed by atoms with Gasteiger partial charge in [-0.3, -0.25) is 0 Å². The Morgan fingerprint density at radius 2 is 1.95 bits per heavy atom. The first-order chi connectivity index (χ1) is 8.66. The first kappa shape index (κ1) is 14.9. The third-order valence-electron chi connectivity index (χ3n) is 2.63. The molecule has 0 saturated carbocycles. The van der Waals surface area contributed by atoms with Gasteiger partial charge in [-0.25, -0.2) is 8.42 Å². The van der Waals surface area contributed by atoms with E-state index < -0.39 is 9.05 Å². The van der Waals surface area contributed by atoms with E-state index in [1.165, 1.54) is 0 Å². The number of rotatable bonds is 2. The van der Waals surface area contributed by atoms with Crippen LogP contribution in [0.2, 0.25) is 0 Å². The zero-order valence-corrected chi connectivity index (χ0v) is 13.7. The molecule has 2 rings (SSSR count). The lowest BCUT2D eigenvalue weighted by Crippen LogP contribution is -2.26. The third kappa shape index (κ3) is 4.00. The molecular formula is C12H14BrClO4S. The molecule has 0 aromatic heterocycles. The zero-order chi connectivity index (χ0) is 14.3. The molecule has 0 fully saturated rings. The second-order valence-corrected chi connectivity index (χ2v) is 8.96. The van der Waals surface area contributed by atoms with Gasteiger partial charge in [0.2, 0.25) is 9.05 Å². The second kappa shape index (κ2) is 5.14. The van der Waals surface area contributed by atoms with Crippen LogP contribution in [0, 0.1) is 5.41 Å². The van der Waals surface area contributed by atoms with Crippen LogP contribution in [0.1, 0.15) is 19.4 Å². The van der Waals surface area contributed by atoms with Crippen LogP contribution in [-0.4, -0.2) is 21.6 Å². The summed E-state index contributed by atoms with van der Waals surface area (Å²) in [7, 11) is 1.67. The molecule has 1 aliphatic rings. The van der Waals surface area contributed by atoms with E-state index in [9.17, 15) is 8.42 Å². The molecule has 1 aromatic carbocycles. The minimum absolute atomic E-state index is 0.100. The van der Waals surface area contributed by atoms with Crippen molar-refractivity contribution in [3.63, 3.8) is 0 Å². The number of ether oxygens (including phenoxy) is 2. The molecule has 106 valence electrons. The van der Waals surface area contributed by atoms with Crippen molar-refractivity contribution in [3.8, 4) is 11.5 Å². The van der Waals surface area contributed by atoms with Crippen LogP contribution in [0.5, 0.6) is 11.5 Å². The van der Waals surface area contributed by atoms with Crippen LogP contribution < -0.4 is 9.47 Å². The number of hydrogen-bond acceptors (Lipinski definition) is 4. The van der Waals surface area contributed by atoms with Crippen molar-refractivity contribution in [2.24, 2.45) is 5.41 Å². The fourth-order valence-corrected chi connectivity index (χ4v) is 3.28. The van der Waals surface area contributed by atoms with Gasteiger partial charge in [0.1, 0.15) is 0 Å². The summed E-state index contributed by atoms with van der Waals surface area (Å²) in [6, 6.07) is 3.34. The molecule has 19 heavy (non-hydrogen) atoms. The van der Waals surface area contributed by atoms with Crippen molar-refractivity contribution < 1.29 is 17.9 Å². The molecule has 0 amide bonds. The number of benzene rings is 1. The minimum atomic E-state index is -3.60. The Balaban J connectivity index is 2.37. The molecule has 0 unspecified atom stereocenters. The molecule has 0 radical (unpaired) electrons. The van der Waals surface area contributed by atoms with Crippen LogP contribution in [0.15, 0.2) is 16.6 Å². The zero-order valence-electron chi connectivity index (χ0n) is 10.6. The van der Waals surface area contributed by atoms with Crippen LogP contribution in [0.4, 0.5) is 0 Å². The predicted molar refractivity (Wildman–Crippen MR) is 77.4 cm³/mol. The Hall–Kier alpha value is -0.460. The molecule has 1 heterocycles. The summed E-state index contributed by atoms with van der Waals surface area (Å²) in [4.78, 5) is 0. The Morgan fingerprint density at radius 1 is 1.32 bits per heavy atom. The van der Waals surface area contributed by atoms with Gasteiger partial charge in [-0.1, -0.05) is 13.8 Å². The van der Waals surface area contributed by atoms with Crippen molar-refractivity contribution in [2.75, 3.05) is 13.2 Å². The molecule has 0 atom stereocenters. The van der Waals surface area contributed by atoms with Crippen LogP contribution in [0.25, 0.3) is 0 Å². The van der Waals surface area contributed by atoms with Gasteiger partial charge in [0, 0.05) is 16.1 Å². The van der Waals surface area contributed by atoms with E-state index in [1.807, 2.05) is 13.8 Å². The molecule has 1 aromatic rings. The standard InChI is InChI=1S/C12H14BrClO4S/c1-12(2)6-17-10-4-8(5-19(14,15)16)3-9(13)11(10)18-7-12/h3-4H,5-7H2,1-2H3. The van der Waals surface area contributed by atoms with Gasteiger partial charge >= 0.3 is 0 Å². The van der Waals surface area contributed by atoms with Crippen molar-refractivity contribution in [1.82, 2.24) is 0 Å². The molecule has 4 nitrogen and oxygen atoms in total. The van der Waals surface area contributed by atoms with Crippen molar-refractivity contribution in [2.45, 2.75) is 19.6 Å². The average Bonchev–Trinajstić information content (AvgIpc) is 2.36. The lowest BCUT2D eigenvalue weighted by atomic mass is 9.97. The molecule has 1 aliphatic heterocycles.